The largest absolute Gasteiger partial charge is 0.495 e. The standard InChI is InChI=1S/C23H25ClN2O6S/c1-13-11-17-15(3)20(23(27)26-7-9-31-10-8-26)32-21(17)22(14(13)2)33(28,29)25-18-12-16(24)5-6-19(18)30-4/h5-6,11-12,25H,7-10H2,1-4H3. The highest BCUT2D eigenvalue weighted by atomic mass is 35.5. The number of sulfonamides is 1. The van der Waals surface area contributed by atoms with Crippen LogP contribution >= 0.6 is 11.6 Å². The summed E-state index contributed by atoms with van der Waals surface area (Å²) in [6, 6.07) is 6.50. The van der Waals surface area contributed by atoms with E-state index in [9.17, 15) is 13.2 Å². The molecule has 8 nitrogen and oxygen atoms in total. The number of nitrogens with zero attached hydrogens (tertiary/aromatic N) is 1. The van der Waals surface area contributed by atoms with Crippen molar-refractivity contribution in [2.75, 3.05) is 38.1 Å². The van der Waals surface area contributed by atoms with Crippen LogP contribution in [0, 0.1) is 20.8 Å². The lowest BCUT2D eigenvalue weighted by Crippen LogP contribution is -2.40. The highest BCUT2D eigenvalue weighted by Crippen LogP contribution is 2.37. The second-order valence-corrected chi connectivity index (χ2v) is 9.99. The maximum atomic E-state index is 13.6. The average Bonchev–Trinajstić information content (AvgIpc) is 3.09. The number of methoxy groups -OCH3 is 1. The molecule has 4 rings (SSSR count). The lowest BCUT2D eigenvalue weighted by Gasteiger charge is -2.26. The number of rotatable bonds is 5. The molecule has 0 radical (unpaired) electrons. The van der Waals surface area contributed by atoms with E-state index in [0.717, 1.165) is 5.56 Å². The van der Waals surface area contributed by atoms with Gasteiger partial charge in [-0.2, -0.15) is 0 Å². The molecule has 0 saturated carbocycles. The molecule has 176 valence electrons. The Morgan fingerprint density at radius 1 is 1.12 bits per heavy atom. The topological polar surface area (TPSA) is 98.1 Å². The summed E-state index contributed by atoms with van der Waals surface area (Å²) < 4.78 is 46.3. The lowest BCUT2D eigenvalue weighted by molar-refractivity contribution is 0.0283. The Bertz CT molecular complexity index is 1340. The molecule has 3 aromatic rings. The van der Waals surface area contributed by atoms with Crippen LogP contribution in [0.5, 0.6) is 5.75 Å². The molecule has 0 unspecified atom stereocenters. The van der Waals surface area contributed by atoms with Crippen molar-refractivity contribution < 1.29 is 27.1 Å². The molecule has 1 amide bonds. The molecule has 1 N–H and O–H groups in total. The van der Waals surface area contributed by atoms with Crippen molar-refractivity contribution in [2.24, 2.45) is 0 Å². The number of benzene rings is 2. The number of amides is 1. The summed E-state index contributed by atoms with van der Waals surface area (Å²) in [6.45, 7) is 7.10. The minimum absolute atomic E-state index is 0.0244. The molecule has 33 heavy (non-hydrogen) atoms. The third-order valence-corrected chi connectivity index (χ3v) is 7.61. The van der Waals surface area contributed by atoms with Crippen LogP contribution in [-0.2, 0) is 14.8 Å². The number of aryl methyl sites for hydroxylation is 2. The lowest BCUT2D eigenvalue weighted by atomic mass is 10.0. The van der Waals surface area contributed by atoms with Crippen molar-refractivity contribution in [1.29, 1.82) is 0 Å². The highest BCUT2D eigenvalue weighted by Gasteiger charge is 2.30. The van der Waals surface area contributed by atoms with Crippen LogP contribution in [0.3, 0.4) is 0 Å². The Hall–Kier alpha value is -2.75. The smallest absolute Gasteiger partial charge is 0.290 e. The molecule has 2 heterocycles. The van der Waals surface area contributed by atoms with E-state index in [1.54, 1.807) is 30.9 Å². The van der Waals surface area contributed by atoms with Gasteiger partial charge in [0.1, 0.15) is 10.6 Å². The highest BCUT2D eigenvalue weighted by molar-refractivity contribution is 7.93. The number of furan rings is 1. The van der Waals surface area contributed by atoms with Crippen LogP contribution in [0.4, 0.5) is 5.69 Å². The van der Waals surface area contributed by atoms with Gasteiger partial charge < -0.3 is 18.8 Å². The first-order chi connectivity index (χ1) is 15.6. The fourth-order valence-corrected chi connectivity index (χ4v) is 5.62. The molecule has 0 spiro atoms. The first-order valence-electron chi connectivity index (χ1n) is 10.4. The van der Waals surface area contributed by atoms with E-state index in [1.165, 1.54) is 13.2 Å². The summed E-state index contributed by atoms with van der Waals surface area (Å²) in [7, 11) is -2.68. The first-order valence-corrected chi connectivity index (χ1v) is 12.3. The van der Waals surface area contributed by atoms with Crippen molar-refractivity contribution in [3.05, 3.63) is 51.7 Å². The summed E-state index contributed by atoms with van der Waals surface area (Å²) >= 11 is 6.07. The summed E-state index contributed by atoms with van der Waals surface area (Å²) in [5.41, 5.74) is 2.22. The number of fused-ring (bicyclic) bond motifs is 1. The quantitative estimate of drug-likeness (QED) is 0.570. The molecule has 1 aliphatic heterocycles. The fraction of sp³-hybridized carbons (Fsp3) is 0.348. The molecule has 1 fully saturated rings. The van der Waals surface area contributed by atoms with Gasteiger partial charge in [-0.05, 0) is 56.2 Å². The van der Waals surface area contributed by atoms with Gasteiger partial charge >= 0.3 is 0 Å². The summed E-state index contributed by atoms with van der Waals surface area (Å²) in [6.07, 6.45) is 0. The molecule has 10 heteroatoms. The zero-order valence-electron chi connectivity index (χ0n) is 18.8. The van der Waals surface area contributed by atoms with Crippen LogP contribution in [0.15, 0.2) is 33.6 Å². The number of ether oxygens (including phenoxy) is 2. The number of carbonyl (C=O) groups excluding carboxylic acids is 1. The Balaban J connectivity index is 1.86. The average molecular weight is 493 g/mol. The van der Waals surface area contributed by atoms with Gasteiger partial charge in [-0.25, -0.2) is 8.42 Å². The predicted molar refractivity (Wildman–Crippen MR) is 126 cm³/mol. The Kier molecular flexibility index (Phi) is 6.30. The Morgan fingerprint density at radius 3 is 2.48 bits per heavy atom. The van der Waals surface area contributed by atoms with Crippen molar-refractivity contribution in [2.45, 2.75) is 25.7 Å². The molecule has 1 aliphatic rings. The number of hydrogen-bond acceptors (Lipinski definition) is 6. The molecule has 0 aliphatic carbocycles. The van der Waals surface area contributed by atoms with Gasteiger partial charge in [-0.15, -0.1) is 0 Å². The molecule has 2 aromatic carbocycles. The number of morpholine rings is 1. The van der Waals surface area contributed by atoms with E-state index in [4.69, 9.17) is 25.5 Å². The zero-order chi connectivity index (χ0) is 23.9. The van der Waals surface area contributed by atoms with E-state index >= 15 is 0 Å². The Morgan fingerprint density at radius 2 is 1.82 bits per heavy atom. The fourth-order valence-electron chi connectivity index (χ4n) is 3.94. The van der Waals surface area contributed by atoms with Crippen LogP contribution in [0.1, 0.15) is 27.2 Å². The third-order valence-electron chi connectivity index (χ3n) is 5.86. The molecule has 1 saturated heterocycles. The van der Waals surface area contributed by atoms with Crippen molar-refractivity contribution in [3.63, 3.8) is 0 Å². The zero-order valence-corrected chi connectivity index (χ0v) is 20.4. The second-order valence-electron chi connectivity index (χ2n) is 7.94. The normalized spacial score (nSPS) is 14.5. The maximum absolute atomic E-state index is 13.6. The number of halogens is 1. The van der Waals surface area contributed by atoms with Crippen molar-refractivity contribution in [1.82, 2.24) is 4.90 Å². The van der Waals surface area contributed by atoms with E-state index in [-0.39, 0.29) is 27.8 Å². The van der Waals surface area contributed by atoms with Crippen LogP contribution in [0.2, 0.25) is 5.02 Å². The predicted octanol–water partition coefficient (Wildman–Crippen LogP) is 4.29. The minimum atomic E-state index is -4.12. The number of hydrogen-bond donors (Lipinski definition) is 1. The van der Waals surface area contributed by atoms with Gasteiger partial charge in [0, 0.05) is 29.1 Å². The van der Waals surface area contributed by atoms with Gasteiger partial charge in [0.25, 0.3) is 15.9 Å². The maximum Gasteiger partial charge on any atom is 0.290 e. The van der Waals surface area contributed by atoms with E-state index in [1.807, 2.05) is 13.0 Å². The van der Waals surface area contributed by atoms with Crippen LogP contribution in [-0.4, -0.2) is 52.6 Å². The second kappa shape index (κ2) is 8.89. The molecular weight excluding hydrogens is 468 g/mol. The van der Waals surface area contributed by atoms with Crippen molar-refractivity contribution >= 4 is 44.2 Å². The Labute approximate surface area is 197 Å². The van der Waals surface area contributed by atoms with Gasteiger partial charge in [0.05, 0.1) is 26.0 Å². The van der Waals surface area contributed by atoms with Gasteiger partial charge in [-0.1, -0.05) is 11.6 Å². The van der Waals surface area contributed by atoms with E-state index in [0.29, 0.717) is 53.6 Å². The van der Waals surface area contributed by atoms with Gasteiger partial charge in [0.15, 0.2) is 11.3 Å². The first kappa shape index (κ1) is 23.4. The number of nitrogens with one attached hydrogen (secondary N) is 1. The summed E-state index contributed by atoms with van der Waals surface area (Å²) in [5, 5.41) is 0.931. The third kappa shape index (κ3) is 4.28. The molecule has 0 bridgehead atoms. The monoisotopic (exact) mass is 492 g/mol. The summed E-state index contributed by atoms with van der Waals surface area (Å²) in [5.74, 6) is 0.173. The van der Waals surface area contributed by atoms with Gasteiger partial charge in [0.2, 0.25) is 0 Å². The SMILES string of the molecule is COc1ccc(Cl)cc1NS(=O)(=O)c1c(C)c(C)cc2c(C)c(C(=O)N3CCOCC3)oc12. The van der Waals surface area contributed by atoms with Crippen LogP contribution < -0.4 is 9.46 Å². The minimum Gasteiger partial charge on any atom is -0.495 e. The molecule has 1 aromatic heterocycles. The molecule has 0 atom stereocenters. The number of carbonyl (C=O) groups is 1. The van der Waals surface area contributed by atoms with Gasteiger partial charge in [-0.3, -0.25) is 9.52 Å². The van der Waals surface area contributed by atoms with E-state index < -0.39 is 10.0 Å². The molecular formula is C23H25ClN2O6S. The van der Waals surface area contributed by atoms with Crippen LogP contribution in [0.25, 0.3) is 11.0 Å². The van der Waals surface area contributed by atoms with E-state index in [2.05, 4.69) is 4.72 Å². The van der Waals surface area contributed by atoms with Crippen molar-refractivity contribution in [3.8, 4) is 5.75 Å². The number of anilines is 1. The summed E-state index contributed by atoms with van der Waals surface area (Å²) in [4.78, 5) is 14.7.